The van der Waals surface area contributed by atoms with E-state index in [-0.39, 0.29) is 17.7 Å². The molecule has 2 aromatic rings. The number of hydrogen-bond donors (Lipinski definition) is 0. The maximum atomic E-state index is 13.3. The van der Waals surface area contributed by atoms with Crippen molar-refractivity contribution in [3.8, 4) is 0 Å². The Balaban J connectivity index is 1.87. The van der Waals surface area contributed by atoms with Gasteiger partial charge in [0.05, 0.1) is 5.57 Å². The zero-order valence-electron chi connectivity index (χ0n) is 15.8. The fourth-order valence-corrected chi connectivity index (χ4v) is 3.98. The van der Waals surface area contributed by atoms with Crippen LogP contribution in [-0.2, 0) is 16.0 Å². The Morgan fingerprint density at radius 1 is 0.926 bits per heavy atom. The molecule has 2 heterocycles. The number of imide groups is 1. The molecule has 4 rings (SSSR count). The van der Waals surface area contributed by atoms with Gasteiger partial charge in [-0.05, 0) is 36.0 Å². The summed E-state index contributed by atoms with van der Waals surface area (Å²) in [6.07, 6.45) is 1.96. The van der Waals surface area contributed by atoms with Gasteiger partial charge in [-0.2, -0.15) is 0 Å². The number of anilines is 1. The third-order valence-electron chi connectivity index (χ3n) is 5.13. The van der Waals surface area contributed by atoms with E-state index in [9.17, 15) is 9.59 Å². The summed E-state index contributed by atoms with van der Waals surface area (Å²) >= 11 is 0. The zero-order chi connectivity index (χ0) is 19.0. The van der Waals surface area contributed by atoms with Crippen LogP contribution in [0.15, 0.2) is 60.3 Å². The van der Waals surface area contributed by atoms with Crippen molar-refractivity contribution in [2.24, 2.45) is 5.92 Å². The highest BCUT2D eigenvalue weighted by Gasteiger charge is 2.42. The number of amides is 2. The SMILES string of the molecule is CC(C)CN1C(=O)C(c2ccccc2)=C(N2CCCc3ccccc32)C1=O. The normalized spacial score (nSPS) is 17.1. The molecule has 0 aromatic heterocycles. The van der Waals surface area contributed by atoms with E-state index in [0.29, 0.717) is 17.8 Å². The summed E-state index contributed by atoms with van der Waals surface area (Å²) < 4.78 is 0. The number of fused-ring (bicyclic) bond motifs is 1. The molecule has 0 fully saturated rings. The van der Waals surface area contributed by atoms with Gasteiger partial charge in [0.25, 0.3) is 11.8 Å². The highest BCUT2D eigenvalue weighted by Crippen LogP contribution is 2.37. The van der Waals surface area contributed by atoms with Gasteiger partial charge >= 0.3 is 0 Å². The first-order chi connectivity index (χ1) is 13.1. The van der Waals surface area contributed by atoms with Crippen molar-refractivity contribution < 1.29 is 9.59 Å². The minimum Gasteiger partial charge on any atom is -0.336 e. The Morgan fingerprint density at radius 3 is 2.37 bits per heavy atom. The molecule has 0 saturated carbocycles. The first-order valence-corrected chi connectivity index (χ1v) is 9.59. The molecule has 0 aliphatic carbocycles. The Labute approximate surface area is 160 Å². The molecule has 0 unspecified atom stereocenters. The second-order valence-corrected chi connectivity index (χ2v) is 7.59. The van der Waals surface area contributed by atoms with Gasteiger partial charge in [-0.1, -0.05) is 62.4 Å². The lowest BCUT2D eigenvalue weighted by Crippen LogP contribution is -2.38. The average Bonchev–Trinajstić information content (AvgIpc) is 2.92. The van der Waals surface area contributed by atoms with Gasteiger partial charge in [0.2, 0.25) is 0 Å². The van der Waals surface area contributed by atoms with E-state index in [1.165, 1.54) is 10.5 Å². The summed E-state index contributed by atoms with van der Waals surface area (Å²) in [6.45, 7) is 5.23. The molecule has 2 aliphatic rings. The highest BCUT2D eigenvalue weighted by atomic mass is 16.2. The maximum Gasteiger partial charge on any atom is 0.278 e. The van der Waals surface area contributed by atoms with Crippen molar-refractivity contribution in [1.82, 2.24) is 4.90 Å². The standard InChI is InChI=1S/C23H24N2O2/c1-16(2)15-25-22(26)20(18-10-4-3-5-11-18)21(23(25)27)24-14-8-12-17-9-6-7-13-19(17)24/h3-7,9-11,13,16H,8,12,14-15H2,1-2H3. The number of rotatable bonds is 4. The van der Waals surface area contributed by atoms with Crippen molar-refractivity contribution in [2.75, 3.05) is 18.0 Å². The molecule has 138 valence electrons. The monoisotopic (exact) mass is 360 g/mol. The van der Waals surface area contributed by atoms with Crippen LogP contribution < -0.4 is 4.90 Å². The fraction of sp³-hybridized carbons (Fsp3) is 0.304. The molecule has 0 radical (unpaired) electrons. The molecule has 0 N–H and O–H groups in total. The molecule has 2 amide bonds. The number of aryl methyl sites for hydroxylation is 1. The molecular weight excluding hydrogens is 336 g/mol. The van der Waals surface area contributed by atoms with Crippen LogP contribution in [-0.4, -0.2) is 29.8 Å². The van der Waals surface area contributed by atoms with Crippen molar-refractivity contribution in [2.45, 2.75) is 26.7 Å². The van der Waals surface area contributed by atoms with E-state index in [2.05, 4.69) is 11.0 Å². The van der Waals surface area contributed by atoms with Crippen LogP contribution in [0.25, 0.3) is 5.57 Å². The summed E-state index contributed by atoms with van der Waals surface area (Å²) in [5.41, 5.74) is 4.13. The highest BCUT2D eigenvalue weighted by molar-refractivity contribution is 6.36. The second-order valence-electron chi connectivity index (χ2n) is 7.59. The number of para-hydroxylation sites is 1. The Hall–Kier alpha value is -2.88. The first kappa shape index (κ1) is 17.5. The van der Waals surface area contributed by atoms with Crippen LogP contribution in [0, 0.1) is 5.92 Å². The molecule has 2 aromatic carbocycles. The summed E-state index contributed by atoms with van der Waals surface area (Å²) in [4.78, 5) is 30.1. The molecule has 0 bridgehead atoms. The van der Waals surface area contributed by atoms with Crippen molar-refractivity contribution in [1.29, 1.82) is 0 Å². The van der Waals surface area contributed by atoms with Crippen LogP contribution in [0.5, 0.6) is 0 Å². The summed E-state index contributed by atoms with van der Waals surface area (Å²) in [6, 6.07) is 17.7. The summed E-state index contributed by atoms with van der Waals surface area (Å²) in [5.74, 6) is -0.134. The van der Waals surface area contributed by atoms with E-state index in [1.807, 2.05) is 62.4 Å². The topological polar surface area (TPSA) is 40.6 Å². The van der Waals surface area contributed by atoms with Crippen LogP contribution in [0.3, 0.4) is 0 Å². The minimum absolute atomic E-state index is 0.177. The van der Waals surface area contributed by atoms with Crippen molar-refractivity contribution in [3.05, 3.63) is 71.4 Å². The molecule has 0 atom stereocenters. The predicted molar refractivity (Wildman–Crippen MR) is 107 cm³/mol. The van der Waals surface area contributed by atoms with Crippen molar-refractivity contribution >= 4 is 23.1 Å². The molecule has 0 spiro atoms. The molecule has 2 aliphatic heterocycles. The largest absolute Gasteiger partial charge is 0.336 e. The van der Waals surface area contributed by atoms with Crippen molar-refractivity contribution in [3.63, 3.8) is 0 Å². The molecular formula is C23H24N2O2. The lowest BCUT2D eigenvalue weighted by atomic mass is 9.98. The van der Waals surface area contributed by atoms with E-state index >= 15 is 0 Å². The molecule has 4 heteroatoms. The fourth-order valence-electron chi connectivity index (χ4n) is 3.98. The number of carbonyl (C=O) groups is 2. The lowest BCUT2D eigenvalue weighted by molar-refractivity contribution is -0.137. The van der Waals surface area contributed by atoms with Gasteiger partial charge in [0.1, 0.15) is 5.70 Å². The summed E-state index contributed by atoms with van der Waals surface area (Å²) in [7, 11) is 0. The quantitative estimate of drug-likeness (QED) is 0.777. The Morgan fingerprint density at radius 2 is 1.63 bits per heavy atom. The number of hydrogen-bond acceptors (Lipinski definition) is 3. The van der Waals surface area contributed by atoms with E-state index < -0.39 is 0 Å². The predicted octanol–water partition coefficient (Wildman–Crippen LogP) is 3.88. The van der Waals surface area contributed by atoms with Crippen LogP contribution in [0.4, 0.5) is 5.69 Å². The molecule has 27 heavy (non-hydrogen) atoms. The van der Waals surface area contributed by atoms with Gasteiger partial charge in [-0.25, -0.2) is 0 Å². The third kappa shape index (κ3) is 3.05. The number of carbonyl (C=O) groups excluding carboxylic acids is 2. The van der Waals surface area contributed by atoms with Crippen LogP contribution in [0.1, 0.15) is 31.4 Å². The Bertz CT molecular complexity index is 915. The Kier molecular flexibility index (Phi) is 4.56. The van der Waals surface area contributed by atoms with Gasteiger partial charge < -0.3 is 4.90 Å². The van der Waals surface area contributed by atoms with E-state index in [4.69, 9.17) is 0 Å². The first-order valence-electron chi connectivity index (χ1n) is 9.59. The number of benzene rings is 2. The lowest BCUT2D eigenvalue weighted by Gasteiger charge is -2.32. The van der Waals surface area contributed by atoms with Gasteiger partial charge in [0.15, 0.2) is 0 Å². The van der Waals surface area contributed by atoms with E-state index in [1.54, 1.807) is 0 Å². The maximum absolute atomic E-state index is 13.3. The minimum atomic E-state index is -0.182. The van der Waals surface area contributed by atoms with Crippen LogP contribution in [0.2, 0.25) is 0 Å². The third-order valence-corrected chi connectivity index (χ3v) is 5.13. The van der Waals surface area contributed by atoms with E-state index in [0.717, 1.165) is 30.6 Å². The second kappa shape index (κ2) is 7.03. The van der Waals surface area contributed by atoms with Gasteiger partial charge in [-0.15, -0.1) is 0 Å². The zero-order valence-corrected chi connectivity index (χ0v) is 15.8. The average molecular weight is 360 g/mol. The van der Waals surface area contributed by atoms with Gasteiger partial charge in [-0.3, -0.25) is 14.5 Å². The number of nitrogens with zero attached hydrogens (tertiary/aromatic N) is 2. The van der Waals surface area contributed by atoms with Gasteiger partial charge in [0, 0.05) is 18.8 Å². The van der Waals surface area contributed by atoms with Crippen LogP contribution >= 0.6 is 0 Å². The summed E-state index contributed by atoms with van der Waals surface area (Å²) in [5, 5.41) is 0. The molecule has 0 saturated heterocycles. The smallest absolute Gasteiger partial charge is 0.278 e. The molecule has 4 nitrogen and oxygen atoms in total.